The molecule has 1 N–H and O–H groups in total. The monoisotopic (exact) mass is 255 g/mol. The van der Waals surface area contributed by atoms with E-state index in [1.54, 1.807) is 12.1 Å². The zero-order valence-corrected chi connectivity index (χ0v) is 9.46. The number of nitrogens with one attached hydrogen (secondary N) is 1. The first-order valence-corrected chi connectivity index (χ1v) is 5.31. The molecule has 0 spiro atoms. The first-order valence-electron chi connectivity index (χ1n) is 5.31. The second-order valence-corrected chi connectivity index (χ2v) is 3.68. The van der Waals surface area contributed by atoms with Gasteiger partial charge in [0.1, 0.15) is 29.0 Å². The molecular formula is C12H6FN5O. The van der Waals surface area contributed by atoms with E-state index in [0.29, 0.717) is 17.1 Å². The molecule has 3 aromatic heterocycles. The van der Waals surface area contributed by atoms with Crippen molar-refractivity contribution in [2.75, 3.05) is 0 Å². The molecule has 19 heavy (non-hydrogen) atoms. The van der Waals surface area contributed by atoms with E-state index in [9.17, 15) is 4.39 Å². The fourth-order valence-electron chi connectivity index (χ4n) is 1.53. The summed E-state index contributed by atoms with van der Waals surface area (Å²) in [6.45, 7) is 0. The van der Waals surface area contributed by atoms with E-state index in [4.69, 9.17) is 9.78 Å². The topological polar surface area (TPSA) is 91.4 Å². The third-order valence-electron chi connectivity index (χ3n) is 2.42. The largest absolute Gasteiger partial charge is 0.342 e. The zero-order chi connectivity index (χ0) is 13.2. The average Bonchev–Trinajstić information content (AvgIpc) is 3.08. The van der Waals surface area contributed by atoms with Crippen molar-refractivity contribution < 1.29 is 8.91 Å². The minimum atomic E-state index is -0.435. The first kappa shape index (κ1) is 11.1. The number of H-pyrrole nitrogens is 1. The van der Waals surface area contributed by atoms with Gasteiger partial charge in [-0.2, -0.15) is 10.2 Å². The van der Waals surface area contributed by atoms with Gasteiger partial charge in [0.25, 0.3) is 5.89 Å². The summed E-state index contributed by atoms with van der Waals surface area (Å²) < 4.78 is 17.8. The van der Waals surface area contributed by atoms with Crippen LogP contribution in [0.15, 0.2) is 35.0 Å². The minimum absolute atomic E-state index is 0.239. The first-order chi connectivity index (χ1) is 9.26. The van der Waals surface area contributed by atoms with Crippen LogP contribution in [0, 0.1) is 17.1 Å². The fourth-order valence-corrected chi connectivity index (χ4v) is 1.53. The molecule has 0 atom stereocenters. The summed E-state index contributed by atoms with van der Waals surface area (Å²) in [4.78, 5) is 10.8. The molecule has 0 unspecified atom stereocenters. The molecule has 0 fully saturated rings. The second-order valence-electron chi connectivity index (χ2n) is 3.68. The van der Waals surface area contributed by atoms with Gasteiger partial charge in [0.05, 0.1) is 6.20 Å². The molecule has 6 nitrogen and oxygen atoms in total. The Morgan fingerprint density at radius 3 is 2.84 bits per heavy atom. The van der Waals surface area contributed by atoms with Gasteiger partial charge in [-0.3, -0.25) is 0 Å². The molecule has 3 heterocycles. The SMILES string of the molecule is N#Cc1ccc(-c2nc(-c3ccc(F)cn3)no2)[nH]1. The van der Waals surface area contributed by atoms with Crippen molar-refractivity contribution in [3.05, 3.63) is 42.0 Å². The highest BCUT2D eigenvalue weighted by atomic mass is 19.1. The summed E-state index contributed by atoms with van der Waals surface area (Å²) in [6.07, 6.45) is 1.08. The van der Waals surface area contributed by atoms with Crippen LogP contribution >= 0.6 is 0 Å². The van der Waals surface area contributed by atoms with Gasteiger partial charge in [0.2, 0.25) is 5.82 Å². The molecule has 0 radical (unpaired) electrons. The normalized spacial score (nSPS) is 10.3. The summed E-state index contributed by atoms with van der Waals surface area (Å²) in [6, 6.07) is 7.95. The number of hydrogen-bond donors (Lipinski definition) is 1. The maximum Gasteiger partial charge on any atom is 0.274 e. The summed E-state index contributed by atoms with van der Waals surface area (Å²) in [7, 11) is 0. The van der Waals surface area contributed by atoms with Gasteiger partial charge in [-0.15, -0.1) is 0 Å². The van der Waals surface area contributed by atoms with Crippen molar-refractivity contribution >= 4 is 0 Å². The third-order valence-corrected chi connectivity index (χ3v) is 2.42. The lowest BCUT2D eigenvalue weighted by Gasteiger charge is -1.91. The van der Waals surface area contributed by atoms with Crippen LogP contribution in [0.25, 0.3) is 23.1 Å². The fraction of sp³-hybridized carbons (Fsp3) is 0. The highest BCUT2D eigenvalue weighted by molar-refractivity contribution is 5.55. The molecule has 0 bridgehead atoms. The lowest BCUT2D eigenvalue weighted by atomic mass is 10.3. The lowest BCUT2D eigenvalue weighted by Crippen LogP contribution is -1.86. The van der Waals surface area contributed by atoms with Gasteiger partial charge in [-0.1, -0.05) is 5.16 Å². The molecule has 0 saturated heterocycles. The van der Waals surface area contributed by atoms with Crippen LogP contribution in [0.4, 0.5) is 4.39 Å². The minimum Gasteiger partial charge on any atom is -0.342 e. The quantitative estimate of drug-likeness (QED) is 0.757. The Morgan fingerprint density at radius 1 is 1.26 bits per heavy atom. The summed E-state index contributed by atoms with van der Waals surface area (Å²) in [5.74, 6) is 0.0567. The predicted molar refractivity (Wildman–Crippen MR) is 62.0 cm³/mol. The van der Waals surface area contributed by atoms with Crippen LogP contribution < -0.4 is 0 Å². The summed E-state index contributed by atoms with van der Waals surface area (Å²) in [5, 5.41) is 12.5. The molecule has 0 aliphatic rings. The maximum atomic E-state index is 12.8. The number of hydrogen-bond acceptors (Lipinski definition) is 5. The van der Waals surface area contributed by atoms with Gasteiger partial charge in [0.15, 0.2) is 0 Å². The van der Waals surface area contributed by atoms with E-state index in [0.717, 1.165) is 6.20 Å². The van der Waals surface area contributed by atoms with E-state index in [2.05, 4.69) is 20.1 Å². The molecule has 3 rings (SSSR count). The molecular weight excluding hydrogens is 249 g/mol. The van der Waals surface area contributed by atoms with E-state index >= 15 is 0 Å². The van der Waals surface area contributed by atoms with Crippen LogP contribution in [0.1, 0.15) is 5.69 Å². The van der Waals surface area contributed by atoms with Crippen molar-refractivity contribution in [1.82, 2.24) is 20.1 Å². The van der Waals surface area contributed by atoms with Gasteiger partial charge < -0.3 is 9.51 Å². The number of aromatic amines is 1. The van der Waals surface area contributed by atoms with Gasteiger partial charge in [-0.05, 0) is 24.3 Å². The van der Waals surface area contributed by atoms with Crippen LogP contribution in [0.3, 0.4) is 0 Å². The van der Waals surface area contributed by atoms with E-state index in [-0.39, 0.29) is 11.7 Å². The number of nitrogens with zero attached hydrogens (tertiary/aromatic N) is 4. The van der Waals surface area contributed by atoms with E-state index in [1.807, 2.05) is 6.07 Å². The van der Waals surface area contributed by atoms with Gasteiger partial charge in [0, 0.05) is 0 Å². The van der Waals surface area contributed by atoms with E-state index < -0.39 is 5.82 Å². The average molecular weight is 255 g/mol. The lowest BCUT2D eigenvalue weighted by molar-refractivity contribution is 0.431. The number of rotatable bonds is 2. The second kappa shape index (κ2) is 4.34. The molecule has 0 saturated carbocycles. The van der Waals surface area contributed by atoms with Gasteiger partial charge in [-0.25, -0.2) is 9.37 Å². The van der Waals surface area contributed by atoms with Gasteiger partial charge >= 0.3 is 0 Å². The highest BCUT2D eigenvalue weighted by Gasteiger charge is 2.13. The summed E-state index contributed by atoms with van der Waals surface area (Å²) in [5.41, 5.74) is 1.34. The van der Waals surface area contributed by atoms with Crippen molar-refractivity contribution in [3.63, 3.8) is 0 Å². The highest BCUT2D eigenvalue weighted by Crippen LogP contribution is 2.20. The number of halogens is 1. The Balaban J connectivity index is 1.95. The predicted octanol–water partition coefficient (Wildman–Crippen LogP) is 2.14. The Kier molecular flexibility index (Phi) is 2.54. The van der Waals surface area contributed by atoms with E-state index in [1.165, 1.54) is 12.1 Å². The van der Waals surface area contributed by atoms with Crippen molar-refractivity contribution in [1.29, 1.82) is 5.26 Å². The summed E-state index contributed by atoms with van der Waals surface area (Å²) >= 11 is 0. The Morgan fingerprint density at radius 2 is 2.16 bits per heavy atom. The zero-order valence-electron chi connectivity index (χ0n) is 9.46. The standard InChI is InChI=1S/C12H6FN5O/c13-7-1-3-9(15-6-7)11-17-12(19-18-11)10-4-2-8(5-14)16-10/h1-4,6,16H. The Bertz CT molecular complexity index is 753. The van der Waals surface area contributed by atoms with Crippen LogP contribution in [-0.2, 0) is 0 Å². The third kappa shape index (κ3) is 2.07. The molecule has 7 heteroatoms. The van der Waals surface area contributed by atoms with Crippen LogP contribution in [0.5, 0.6) is 0 Å². The molecule has 0 aliphatic carbocycles. The van der Waals surface area contributed by atoms with Crippen molar-refractivity contribution in [3.8, 4) is 29.2 Å². The maximum absolute atomic E-state index is 12.8. The molecule has 0 amide bonds. The Labute approximate surface area is 106 Å². The molecule has 0 aromatic carbocycles. The van der Waals surface area contributed by atoms with Crippen molar-refractivity contribution in [2.45, 2.75) is 0 Å². The van der Waals surface area contributed by atoms with Crippen molar-refractivity contribution in [2.24, 2.45) is 0 Å². The number of aromatic nitrogens is 4. The van der Waals surface area contributed by atoms with Crippen LogP contribution in [-0.4, -0.2) is 20.1 Å². The van der Waals surface area contributed by atoms with Crippen LogP contribution in [0.2, 0.25) is 0 Å². The number of nitriles is 1. The smallest absolute Gasteiger partial charge is 0.274 e. The molecule has 0 aliphatic heterocycles. The molecule has 3 aromatic rings. The Hall–Kier alpha value is -3.01. The number of pyridine rings is 1. The molecule has 92 valence electrons.